The van der Waals surface area contributed by atoms with Crippen molar-refractivity contribution < 1.29 is 17.9 Å². The van der Waals surface area contributed by atoms with Crippen LogP contribution in [0.15, 0.2) is 47.4 Å². The van der Waals surface area contributed by atoms with Gasteiger partial charge in [-0.05, 0) is 42.0 Å². The summed E-state index contributed by atoms with van der Waals surface area (Å²) in [6, 6.07) is 11.5. The van der Waals surface area contributed by atoms with Crippen LogP contribution in [0.4, 0.5) is 0 Å². The molecule has 0 spiro atoms. The van der Waals surface area contributed by atoms with E-state index in [4.69, 9.17) is 39.0 Å². The van der Waals surface area contributed by atoms with Gasteiger partial charge in [-0.3, -0.25) is 0 Å². The first-order valence-electron chi connectivity index (χ1n) is 7.58. The molecule has 1 aliphatic heterocycles. The maximum atomic E-state index is 13.0. The molecule has 0 bridgehead atoms. The number of thiocarbonyl (C=S) groups is 1. The molecule has 1 fully saturated rings. The van der Waals surface area contributed by atoms with E-state index in [1.807, 2.05) is 6.07 Å². The van der Waals surface area contributed by atoms with E-state index < -0.39 is 21.0 Å². The number of ether oxygens (including phenoxy) is 2. The zero-order valence-corrected chi connectivity index (χ0v) is 15.3. The van der Waals surface area contributed by atoms with Crippen molar-refractivity contribution in [1.29, 1.82) is 0 Å². The summed E-state index contributed by atoms with van der Waals surface area (Å²) in [6.45, 7) is 0.161. The summed E-state index contributed by atoms with van der Waals surface area (Å²) in [6.07, 6.45) is 0. The van der Waals surface area contributed by atoms with Crippen molar-refractivity contribution in [3.63, 3.8) is 0 Å². The van der Waals surface area contributed by atoms with E-state index in [0.717, 1.165) is 5.56 Å². The molecule has 130 valence electrons. The van der Waals surface area contributed by atoms with Gasteiger partial charge in [-0.25, -0.2) is 8.42 Å². The van der Waals surface area contributed by atoms with Crippen LogP contribution in [0.5, 0.6) is 11.5 Å². The molecular weight excluding hydrogens is 382 g/mol. The molecule has 0 radical (unpaired) electrons. The topological polar surface area (TPSA) is 78.6 Å². The molecule has 0 unspecified atom stereocenters. The highest BCUT2D eigenvalue weighted by atomic mass is 35.5. The summed E-state index contributed by atoms with van der Waals surface area (Å²) in [5.74, 6) is 0.547. The predicted octanol–water partition coefficient (Wildman–Crippen LogP) is 2.91. The lowest BCUT2D eigenvalue weighted by atomic mass is 10.1. The van der Waals surface area contributed by atoms with Gasteiger partial charge in [0.15, 0.2) is 21.3 Å². The second kappa shape index (κ2) is 5.86. The first-order chi connectivity index (χ1) is 11.9. The minimum absolute atomic E-state index is 0.161. The maximum absolute atomic E-state index is 13.0. The van der Waals surface area contributed by atoms with Crippen LogP contribution in [-0.2, 0) is 9.84 Å². The molecule has 1 heterocycles. The molecule has 2 aromatic carbocycles. The Morgan fingerprint density at radius 2 is 1.80 bits per heavy atom. The third kappa shape index (κ3) is 2.76. The van der Waals surface area contributed by atoms with Crippen molar-refractivity contribution in [2.24, 2.45) is 11.7 Å². The molecule has 2 aromatic rings. The van der Waals surface area contributed by atoms with E-state index in [0.29, 0.717) is 16.5 Å². The smallest absolute Gasteiger partial charge is 0.231 e. The fraction of sp³-hybridized carbons (Fsp3) is 0.235. The highest BCUT2D eigenvalue weighted by Gasteiger charge is 2.60. The van der Waals surface area contributed by atoms with Gasteiger partial charge in [0.2, 0.25) is 6.79 Å². The standard InChI is InChI=1S/C17H14ClNO4S2/c18-10-2-4-11(5-3-10)25(20,21)16-14(15(16)17(19)24)9-1-6-12-13(7-9)23-8-22-12/h1-7,14-16H,8H2,(H2,19,24)/t14-,15-,16-/m0/s1. The van der Waals surface area contributed by atoms with Crippen molar-refractivity contribution in [2.45, 2.75) is 16.1 Å². The molecule has 5 nitrogen and oxygen atoms in total. The van der Waals surface area contributed by atoms with Crippen LogP contribution >= 0.6 is 23.8 Å². The average Bonchev–Trinajstić information content (AvgIpc) is 3.18. The Kier molecular flexibility index (Phi) is 3.90. The van der Waals surface area contributed by atoms with Gasteiger partial charge in [-0.2, -0.15) is 0 Å². The Morgan fingerprint density at radius 1 is 1.12 bits per heavy atom. The molecule has 25 heavy (non-hydrogen) atoms. The van der Waals surface area contributed by atoms with E-state index in [2.05, 4.69) is 0 Å². The van der Waals surface area contributed by atoms with Gasteiger partial charge in [0, 0.05) is 16.9 Å². The van der Waals surface area contributed by atoms with Gasteiger partial charge >= 0.3 is 0 Å². The molecular formula is C17H14ClNO4S2. The summed E-state index contributed by atoms with van der Waals surface area (Å²) < 4.78 is 36.7. The molecule has 2 N–H and O–H groups in total. The third-order valence-corrected chi connectivity index (χ3v) is 7.32. The summed E-state index contributed by atoms with van der Waals surface area (Å²) >= 11 is 11.0. The molecule has 3 atom stereocenters. The third-order valence-electron chi connectivity index (χ3n) is 4.56. The minimum Gasteiger partial charge on any atom is -0.454 e. The minimum atomic E-state index is -3.59. The van der Waals surface area contributed by atoms with Crippen molar-refractivity contribution in [2.75, 3.05) is 6.79 Å². The highest BCUT2D eigenvalue weighted by Crippen LogP contribution is 2.55. The van der Waals surface area contributed by atoms with E-state index in [1.165, 1.54) is 12.1 Å². The Bertz CT molecular complexity index is 959. The fourth-order valence-corrected chi connectivity index (χ4v) is 5.97. The van der Waals surface area contributed by atoms with Crippen molar-refractivity contribution in [3.05, 3.63) is 53.1 Å². The summed E-state index contributed by atoms with van der Waals surface area (Å²) in [7, 11) is -3.59. The Labute approximate surface area is 155 Å². The number of nitrogens with two attached hydrogens (primary N) is 1. The van der Waals surface area contributed by atoms with E-state index in [-0.39, 0.29) is 22.6 Å². The monoisotopic (exact) mass is 395 g/mol. The number of rotatable bonds is 4. The number of hydrogen-bond donors (Lipinski definition) is 1. The average molecular weight is 396 g/mol. The number of fused-ring (bicyclic) bond motifs is 1. The van der Waals surface area contributed by atoms with Crippen LogP contribution in [0, 0.1) is 5.92 Å². The zero-order chi connectivity index (χ0) is 17.8. The van der Waals surface area contributed by atoms with Crippen LogP contribution in [0.1, 0.15) is 11.5 Å². The van der Waals surface area contributed by atoms with E-state index >= 15 is 0 Å². The molecule has 8 heteroatoms. The first-order valence-corrected chi connectivity index (χ1v) is 9.91. The lowest BCUT2D eigenvalue weighted by Gasteiger charge is -2.05. The maximum Gasteiger partial charge on any atom is 0.231 e. The number of benzene rings is 2. The molecule has 4 rings (SSSR count). The quantitative estimate of drug-likeness (QED) is 0.802. The van der Waals surface area contributed by atoms with Crippen LogP contribution < -0.4 is 15.2 Å². The van der Waals surface area contributed by atoms with E-state index in [1.54, 1.807) is 24.3 Å². The molecule has 0 aromatic heterocycles. The summed E-state index contributed by atoms with van der Waals surface area (Å²) in [5, 5.41) is -0.209. The lowest BCUT2D eigenvalue weighted by Crippen LogP contribution is -2.17. The van der Waals surface area contributed by atoms with Crippen LogP contribution in [-0.4, -0.2) is 25.4 Å². The van der Waals surface area contributed by atoms with Gasteiger partial charge in [0.05, 0.1) is 15.1 Å². The van der Waals surface area contributed by atoms with Gasteiger partial charge in [0.25, 0.3) is 0 Å². The van der Waals surface area contributed by atoms with Crippen LogP contribution in [0.25, 0.3) is 0 Å². The molecule has 1 saturated carbocycles. The second-order valence-electron chi connectivity index (χ2n) is 6.03. The fourth-order valence-electron chi connectivity index (χ4n) is 3.31. The largest absolute Gasteiger partial charge is 0.454 e. The second-order valence-corrected chi connectivity index (χ2v) is 9.04. The SMILES string of the molecule is NC(=S)[C@H]1[C@H](c2ccc3c(c2)OCO3)[C@@H]1S(=O)(=O)c1ccc(Cl)cc1. The van der Waals surface area contributed by atoms with Gasteiger partial charge < -0.3 is 15.2 Å². The first kappa shape index (κ1) is 16.6. The van der Waals surface area contributed by atoms with Gasteiger partial charge in [0.1, 0.15) is 0 Å². The molecule has 0 amide bonds. The van der Waals surface area contributed by atoms with Crippen molar-refractivity contribution >= 4 is 38.6 Å². The number of sulfone groups is 1. The number of hydrogen-bond acceptors (Lipinski definition) is 5. The highest BCUT2D eigenvalue weighted by molar-refractivity contribution is 7.92. The number of halogens is 1. The Morgan fingerprint density at radius 3 is 2.48 bits per heavy atom. The summed E-state index contributed by atoms with van der Waals surface area (Å²) in [4.78, 5) is 0.414. The van der Waals surface area contributed by atoms with Crippen LogP contribution in [0.2, 0.25) is 5.02 Å². The molecule has 2 aliphatic rings. The lowest BCUT2D eigenvalue weighted by molar-refractivity contribution is 0.174. The van der Waals surface area contributed by atoms with Crippen molar-refractivity contribution in [3.8, 4) is 11.5 Å². The molecule has 0 saturated heterocycles. The van der Waals surface area contributed by atoms with Gasteiger partial charge in [-0.15, -0.1) is 0 Å². The Balaban J connectivity index is 1.71. The molecule has 1 aliphatic carbocycles. The normalized spacial score (nSPS) is 24.1. The summed E-state index contributed by atoms with van der Waals surface area (Å²) in [5.41, 5.74) is 6.64. The van der Waals surface area contributed by atoms with E-state index in [9.17, 15) is 8.42 Å². The Hall–Kier alpha value is -1.83. The van der Waals surface area contributed by atoms with Crippen LogP contribution in [0.3, 0.4) is 0 Å². The zero-order valence-electron chi connectivity index (χ0n) is 12.9. The van der Waals surface area contributed by atoms with Crippen molar-refractivity contribution in [1.82, 2.24) is 0 Å². The van der Waals surface area contributed by atoms with Gasteiger partial charge in [-0.1, -0.05) is 29.9 Å². The predicted molar refractivity (Wildman–Crippen MR) is 98.0 cm³/mol.